The molecule has 2 fully saturated rings. The third-order valence-electron chi connectivity index (χ3n) is 2.19. The first kappa shape index (κ1) is 9.08. The molecule has 1 unspecified atom stereocenters. The molecule has 0 radical (unpaired) electrons. The molecular weight excluding hydrogens is 176 g/mol. The summed E-state index contributed by atoms with van der Waals surface area (Å²) < 4.78 is 15.8. The van der Waals surface area contributed by atoms with Gasteiger partial charge in [0.05, 0.1) is 0 Å². The zero-order valence-electron chi connectivity index (χ0n) is 7.47. The second kappa shape index (κ2) is 2.75. The molecule has 5 heteroatoms. The Bertz CT molecular complexity index is 227. The highest BCUT2D eigenvalue weighted by atomic mass is 16.8. The van der Waals surface area contributed by atoms with Gasteiger partial charge in [-0.2, -0.15) is 0 Å². The first-order valence-corrected chi connectivity index (χ1v) is 4.18. The molecule has 2 aliphatic heterocycles. The summed E-state index contributed by atoms with van der Waals surface area (Å²) in [7, 11) is 0. The fourth-order valence-electron chi connectivity index (χ4n) is 1.63. The lowest BCUT2D eigenvalue weighted by Gasteiger charge is -2.20. The zero-order valence-corrected chi connectivity index (χ0v) is 7.47. The van der Waals surface area contributed by atoms with E-state index in [9.17, 15) is 9.90 Å². The van der Waals surface area contributed by atoms with Crippen molar-refractivity contribution in [1.82, 2.24) is 0 Å². The van der Waals surface area contributed by atoms with Crippen LogP contribution in [0.15, 0.2) is 0 Å². The maximum Gasteiger partial charge on any atom is 0.190 e. The maximum atomic E-state index is 10.4. The summed E-state index contributed by atoms with van der Waals surface area (Å²) in [5.74, 6) is -0.746. The summed E-state index contributed by atoms with van der Waals surface area (Å²) in [5.41, 5.74) is 0. The van der Waals surface area contributed by atoms with Gasteiger partial charge < -0.3 is 24.1 Å². The summed E-state index contributed by atoms with van der Waals surface area (Å²) in [6, 6.07) is 0. The van der Waals surface area contributed by atoms with Gasteiger partial charge in [0.15, 0.2) is 18.4 Å². The van der Waals surface area contributed by atoms with Gasteiger partial charge in [0.1, 0.15) is 18.3 Å². The second-order valence-corrected chi connectivity index (χ2v) is 3.70. The minimum atomic E-state index is -0.927. The van der Waals surface area contributed by atoms with Gasteiger partial charge in [-0.25, -0.2) is 0 Å². The van der Waals surface area contributed by atoms with Crippen LogP contribution in [0, 0.1) is 0 Å². The molecule has 0 aromatic heterocycles. The molecule has 0 spiro atoms. The van der Waals surface area contributed by atoms with Gasteiger partial charge in [0.2, 0.25) is 0 Å². The van der Waals surface area contributed by atoms with Gasteiger partial charge in [-0.05, 0) is 13.8 Å². The minimum Gasteiger partial charge on any atom is -0.387 e. The van der Waals surface area contributed by atoms with E-state index in [2.05, 4.69) is 0 Å². The molecule has 2 saturated heterocycles. The molecule has 13 heavy (non-hydrogen) atoms. The number of carbonyl (C=O) groups excluding carboxylic acids is 1. The largest absolute Gasteiger partial charge is 0.387 e. The maximum absolute atomic E-state index is 10.4. The van der Waals surface area contributed by atoms with Gasteiger partial charge >= 0.3 is 0 Å². The number of ether oxygens (including phenoxy) is 3. The fourth-order valence-corrected chi connectivity index (χ4v) is 1.63. The van der Waals surface area contributed by atoms with Crippen LogP contribution in [0.5, 0.6) is 0 Å². The highest BCUT2D eigenvalue weighted by Crippen LogP contribution is 2.36. The molecule has 0 bridgehead atoms. The van der Waals surface area contributed by atoms with Crippen molar-refractivity contribution < 1.29 is 24.1 Å². The van der Waals surface area contributed by atoms with Crippen LogP contribution >= 0.6 is 0 Å². The van der Waals surface area contributed by atoms with Gasteiger partial charge in [-0.3, -0.25) is 0 Å². The van der Waals surface area contributed by atoms with E-state index in [4.69, 9.17) is 14.2 Å². The molecule has 0 aromatic carbocycles. The zero-order chi connectivity index (χ0) is 9.64. The van der Waals surface area contributed by atoms with Crippen molar-refractivity contribution >= 4 is 6.29 Å². The average molecular weight is 188 g/mol. The second-order valence-electron chi connectivity index (χ2n) is 3.70. The van der Waals surface area contributed by atoms with Crippen molar-refractivity contribution in [3.05, 3.63) is 0 Å². The molecule has 5 nitrogen and oxygen atoms in total. The van der Waals surface area contributed by atoms with Crippen LogP contribution in [-0.4, -0.2) is 41.8 Å². The summed E-state index contributed by atoms with van der Waals surface area (Å²) in [6.07, 6.45) is -2.37. The summed E-state index contributed by atoms with van der Waals surface area (Å²) in [4.78, 5) is 10.4. The van der Waals surface area contributed by atoms with Crippen molar-refractivity contribution in [2.24, 2.45) is 0 Å². The predicted octanol–water partition coefficient (Wildman–Crippen LogP) is -0.577. The van der Waals surface area contributed by atoms with Gasteiger partial charge in [-0.1, -0.05) is 0 Å². The standard InChI is InChI=1S/C8H12O5/c1-8(2)12-6-5(10)4(3-9)11-7(6)13-8/h3-7,10H,1-2H3/t4-,5+,6-,7?/m1/s1. The lowest BCUT2D eigenvalue weighted by Crippen LogP contribution is -2.35. The summed E-state index contributed by atoms with van der Waals surface area (Å²) >= 11 is 0. The third-order valence-corrected chi connectivity index (χ3v) is 2.19. The topological polar surface area (TPSA) is 65.0 Å². The van der Waals surface area contributed by atoms with Crippen LogP contribution in [-0.2, 0) is 19.0 Å². The molecule has 2 heterocycles. The van der Waals surface area contributed by atoms with Gasteiger partial charge in [-0.15, -0.1) is 0 Å². The molecule has 0 aromatic rings. The number of hydrogen-bond donors (Lipinski definition) is 1. The number of carbonyl (C=O) groups is 1. The van der Waals surface area contributed by atoms with Crippen molar-refractivity contribution in [1.29, 1.82) is 0 Å². The Labute approximate surface area is 75.6 Å². The molecule has 74 valence electrons. The lowest BCUT2D eigenvalue weighted by atomic mass is 10.1. The van der Waals surface area contributed by atoms with Crippen LogP contribution in [0.4, 0.5) is 0 Å². The predicted molar refractivity (Wildman–Crippen MR) is 40.8 cm³/mol. The van der Waals surface area contributed by atoms with Crippen LogP contribution in [0.25, 0.3) is 0 Å². The Hall–Kier alpha value is -0.490. The summed E-state index contributed by atoms with van der Waals surface area (Å²) in [5, 5.41) is 9.53. The van der Waals surface area contributed by atoms with Gasteiger partial charge in [0.25, 0.3) is 0 Å². The molecule has 0 amide bonds. The number of rotatable bonds is 1. The number of hydrogen-bond acceptors (Lipinski definition) is 5. The Morgan fingerprint density at radius 3 is 2.62 bits per heavy atom. The average Bonchev–Trinajstić information content (AvgIpc) is 2.47. The number of fused-ring (bicyclic) bond motifs is 1. The molecule has 1 N–H and O–H groups in total. The van der Waals surface area contributed by atoms with Crippen molar-refractivity contribution in [2.45, 2.75) is 44.2 Å². The highest BCUT2D eigenvalue weighted by Gasteiger charge is 2.54. The first-order valence-electron chi connectivity index (χ1n) is 4.18. The molecule has 2 rings (SSSR count). The highest BCUT2D eigenvalue weighted by molar-refractivity contribution is 5.58. The van der Waals surface area contributed by atoms with E-state index < -0.39 is 30.4 Å². The number of aliphatic hydroxyl groups is 1. The van der Waals surface area contributed by atoms with Crippen molar-refractivity contribution in [3.8, 4) is 0 Å². The van der Waals surface area contributed by atoms with Gasteiger partial charge in [0, 0.05) is 0 Å². The van der Waals surface area contributed by atoms with E-state index in [-0.39, 0.29) is 0 Å². The molecular formula is C8H12O5. The van der Waals surface area contributed by atoms with Crippen LogP contribution in [0.1, 0.15) is 13.8 Å². The molecule has 0 aliphatic carbocycles. The molecule has 0 saturated carbocycles. The molecule has 4 atom stereocenters. The van der Waals surface area contributed by atoms with E-state index in [1.165, 1.54) is 0 Å². The smallest absolute Gasteiger partial charge is 0.190 e. The van der Waals surface area contributed by atoms with Crippen LogP contribution in [0.2, 0.25) is 0 Å². The number of aliphatic hydroxyl groups excluding tert-OH is 1. The Morgan fingerprint density at radius 2 is 2.08 bits per heavy atom. The normalized spacial score (nSPS) is 47.6. The molecule has 2 aliphatic rings. The fraction of sp³-hybridized carbons (Fsp3) is 0.875. The summed E-state index contributed by atoms with van der Waals surface area (Å²) in [6.45, 7) is 3.47. The first-order chi connectivity index (χ1) is 6.03. The van der Waals surface area contributed by atoms with E-state index in [1.807, 2.05) is 0 Å². The van der Waals surface area contributed by atoms with E-state index in [0.717, 1.165) is 0 Å². The van der Waals surface area contributed by atoms with Crippen molar-refractivity contribution in [2.75, 3.05) is 0 Å². The minimum absolute atomic E-state index is 0.551. The van der Waals surface area contributed by atoms with Crippen LogP contribution in [0.3, 0.4) is 0 Å². The van der Waals surface area contributed by atoms with E-state index in [0.29, 0.717) is 6.29 Å². The Kier molecular flexibility index (Phi) is 1.92. The quantitative estimate of drug-likeness (QED) is 0.558. The SMILES string of the molecule is CC1(C)OC2O[C@H](C=O)[C@H](O)[C@H]2O1. The van der Waals surface area contributed by atoms with E-state index in [1.54, 1.807) is 13.8 Å². The number of aldehydes is 1. The van der Waals surface area contributed by atoms with Crippen LogP contribution < -0.4 is 0 Å². The Balaban J connectivity index is 2.11. The lowest BCUT2D eigenvalue weighted by molar-refractivity contribution is -0.212. The van der Waals surface area contributed by atoms with Crippen molar-refractivity contribution in [3.63, 3.8) is 0 Å². The third kappa shape index (κ3) is 1.38. The monoisotopic (exact) mass is 188 g/mol. The Morgan fingerprint density at radius 1 is 1.38 bits per heavy atom. The van der Waals surface area contributed by atoms with E-state index >= 15 is 0 Å².